The lowest BCUT2D eigenvalue weighted by molar-refractivity contribution is -0.332. The molecule has 0 saturated carbocycles. The van der Waals surface area contributed by atoms with Crippen molar-refractivity contribution in [2.24, 2.45) is 0 Å². The number of aliphatic hydroxyl groups excluding tert-OH is 7. The largest absolute Gasteiger partial charge is 0.462 e. The number of esters is 2. The number of carbonyl (C=O) groups is 2. The molecule has 2 fully saturated rings. The lowest BCUT2D eigenvalue weighted by Gasteiger charge is -2.42. The summed E-state index contributed by atoms with van der Waals surface area (Å²) < 4.78 is 33.5. The quantitative estimate of drug-likeness (QED) is 0.0277. The highest BCUT2D eigenvalue weighted by molar-refractivity contribution is 5.70. The van der Waals surface area contributed by atoms with Gasteiger partial charge in [0.2, 0.25) is 0 Å². The van der Waals surface area contributed by atoms with Crippen molar-refractivity contribution in [2.45, 2.75) is 261 Å². The number of hydrogen-bond acceptors (Lipinski definition) is 15. The molecule has 0 amide bonds. The molecule has 0 aromatic rings. The third-order valence-electron chi connectivity index (χ3n) is 12.1. The zero-order valence-corrected chi connectivity index (χ0v) is 38.4. The van der Waals surface area contributed by atoms with Crippen LogP contribution < -0.4 is 0 Å². The lowest BCUT2D eigenvalue weighted by Crippen LogP contribution is -2.61. The van der Waals surface area contributed by atoms with Crippen LogP contribution in [0.2, 0.25) is 0 Å². The molecular weight excluding hydrogens is 805 g/mol. The van der Waals surface area contributed by atoms with Gasteiger partial charge in [-0.1, -0.05) is 168 Å². The number of unbranched alkanes of at least 4 members (excludes halogenated alkanes) is 24. The van der Waals surface area contributed by atoms with E-state index in [0.717, 1.165) is 38.5 Å². The molecule has 2 saturated heterocycles. The Morgan fingerprint density at radius 2 is 0.823 bits per heavy atom. The molecule has 0 aromatic carbocycles. The number of aliphatic hydroxyl groups is 7. The predicted molar refractivity (Wildman–Crippen MR) is 234 cm³/mol. The van der Waals surface area contributed by atoms with Crippen molar-refractivity contribution in [2.75, 3.05) is 26.4 Å². The van der Waals surface area contributed by atoms with Crippen molar-refractivity contribution in [1.82, 2.24) is 0 Å². The Balaban J connectivity index is 1.82. The normalized spacial score (nSPS) is 27.0. The van der Waals surface area contributed by atoms with Gasteiger partial charge in [-0.25, -0.2) is 0 Å². The summed E-state index contributed by atoms with van der Waals surface area (Å²) in [6.45, 7) is 2.60. The van der Waals surface area contributed by atoms with Crippen molar-refractivity contribution >= 4 is 11.9 Å². The molecule has 1 unspecified atom stereocenters. The van der Waals surface area contributed by atoms with Crippen LogP contribution in [0.4, 0.5) is 0 Å². The maximum absolute atomic E-state index is 13.0. The molecule has 15 nitrogen and oxygen atoms in total. The molecule has 2 aliphatic heterocycles. The van der Waals surface area contributed by atoms with Crippen molar-refractivity contribution in [3.8, 4) is 0 Å². The first-order chi connectivity index (χ1) is 30.0. The number of rotatable bonds is 38. The van der Waals surface area contributed by atoms with Gasteiger partial charge in [-0.2, -0.15) is 0 Å². The molecule has 2 rings (SSSR count). The van der Waals surface area contributed by atoms with E-state index in [1.54, 1.807) is 0 Å². The van der Waals surface area contributed by atoms with Gasteiger partial charge in [-0.15, -0.1) is 0 Å². The molecule has 0 aromatic heterocycles. The van der Waals surface area contributed by atoms with Crippen molar-refractivity contribution in [3.63, 3.8) is 0 Å². The maximum Gasteiger partial charge on any atom is 0.306 e. The third-order valence-corrected chi connectivity index (χ3v) is 12.1. The van der Waals surface area contributed by atoms with Crippen LogP contribution in [0.1, 0.15) is 194 Å². The van der Waals surface area contributed by atoms with Crippen molar-refractivity contribution in [1.29, 1.82) is 0 Å². The molecule has 0 spiro atoms. The summed E-state index contributed by atoms with van der Waals surface area (Å²) in [7, 11) is 0. The molecule has 0 radical (unpaired) electrons. The summed E-state index contributed by atoms with van der Waals surface area (Å²) >= 11 is 0. The van der Waals surface area contributed by atoms with Gasteiger partial charge in [0.15, 0.2) is 18.7 Å². The van der Waals surface area contributed by atoms with E-state index in [9.17, 15) is 45.3 Å². The highest BCUT2D eigenvalue weighted by Gasteiger charge is 2.47. The van der Waals surface area contributed by atoms with Crippen LogP contribution in [0.15, 0.2) is 0 Å². The Hall–Kier alpha value is -1.50. The average Bonchev–Trinajstić information content (AvgIpc) is 3.26. The summed E-state index contributed by atoms with van der Waals surface area (Å²) in [4.78, 5) is 25.7. The zero-order valence-electron chi connectivity index (χ0n) is 38.4. The first-order valence-electron chi connectivity index (χ1n) is 24.6. The summed E-state index contributed by atoms with van der Waals surface area (Å²) in [6, 6.07) is 0. The molecule has 0 bridgehead atoms. The lowest BCUT2D eigenvalue weighted by atomic mass is 9.98. The molecule has 366 valence electrons. The summed E-state index contributed by atoms with van der Waals surface area (Å²) in [6.07, 6.45) is 14.2. The van der Waals surface area contributed by atoms with Crippen LogP contribution in [-0.4, -0.2) is 142 Å². The maximum atomic E-state index is 13.0. The SMILES string of the molecule is CCCCCCCCCCCCCCCCCC(=O)O[C@H](COC(=O)CCCCCCCCCCCCC)CO[C@@H]1O[C@H](COC2O[C@H](CO)[C@H](O)[C@H](O)[C@H]2O)[C@H](O)[C@H](O)[C@H]1O. The highest BCUT2D eigenvalue weighted by atomic mass is 16.7. The van der Waals surface area contributed by atoms with E-state index in [4.69, 9.17) is 28.4 Å². The Labute approximate surface area is 372 Å². The van der Waals surface area contributed by atoms with Crippen molar-refractivity contribution < 1.29 is 73.8 Å². The zero-order chi connectivity index (χ0) is 45.4. The van der Waals surface area contributed by atoms with E-state index in [1.165, 1.54) is 116 Å². The Bertz CT molecular complexity index is 1100. The van der Waals surface area contributed by atoms with E-state index in [2.05, 4.69) is 13.8 Å². The average molecular weight is 893 g/mol. The van der Waals surface area contributed by atoms with Gasteiger partial charge >= 0.3 is 11.9 Å². The van der Waals surface area contributed by atoms with E-state index >= 15 is 0 Å². The molecule has 2 aliphatic rings. The monoisotopic (exact) mass is 893 g/mol. The van der Waals surface area contributed by atoms with E-state index < -0.39 is 92.7 Å². The standard InChI is InChI=1S/C47H88O15/c1-3-5-7-9-11-13-15-16-17-18-20-22-24-26-28-30-39(50)60-35(32-57-38(49)29-27-25-23-21-19-14-12-10-8-6-4-2)33-58-46-45(56)43(54)41(52)37(62-46)34-59-47-44(55)42(53)40(51)36(31-48)61-47/h35-37,40-48,51-56H,3-34H2,1-2H3/t35-,36-,37-,40+,41+,42+,43+,44-,45-,46-,47?/m1/s1. The van der Waals surface area contributed by atoms with E-state index in [-0.39, 0.29) is 26.1 Å². The van der Waals surface area contributed by atoms with Gasteiger partial charge in [0.25, 0.3) is 0 Å². The van der Waals surface area contributed by atoms with E-state index in [0.29, 0.717) is 12.8 Å². The first-order valence-corrected chi connectivity index (χ1v) is 24.6. The Morgan fingerprint density at radius 3 is 1.26 bits per heavy atom. The Kier molecular flexibility index (Phi) is 32.6. The molecule has 15 heteroatoms. The van der Waals surface area contributed by atoms with Crippen molar-refractivity contribution in [3.05, 3.63) is 0 Å². The smallest absolute Gasteiger partial charge is 0.306 e. The number of hydrogen-bond donors (Lipinski definition) is 7. The predicted octanol–water partition coefficient (Wildman–Crippen LogP) is 6.04. The minimum absolute atomic E-state index is 0.173. The minimum Gasteiger partial charge on any atom is -0.462 e. The van der Waals surface area contributed by atoms with Crippen LogP contribution in [0.3, 0.4) is 0 Å². The second-order valence-electron chi connectivity index (χ2n) is 17.7. The third kappa shape index (κ3) is 24.1. The van der Waals surface area contributed by atoms with Crippen LogP contribution in [0.5, 0.6) is 0 Å². The summed E-state index contributed by atoms with van der Waals surface area (Å²) in [5.41, 5.74) is 0. The second kappa shape index (κ2) is 35.7. The molecular formula is C47H88O15. The van der Waals surface area contributed by atoms with Crippen LogP contribution in [0, 0.1) is 0 Å². The van der Waals surface area contributed by atoms with Crippen LogP contribution in [0.25, 0.3) is 0 Å². The fraction of sp³-hybridized carbons (Fsp3) is 0.957. The van der Waals surface area contributed by atoms with E-state index in [1.807, 2.05) is 0 Å². The van der Waals surface area contributed by atoms with Crippen LogP contribution in [-0.2, 0) is 38.0 Å². The van der Waals surface area contributed by atoms with Gasteiger partial charge < -0.3 is 64.2 Å². The number of ether oxygens (including phenoxy) is 6. The molecule has 2 heterocycles. The van der Waals surface area contributed by atoms with Gasteiger partial charge in [-0.3, -0.25) is 9.59 Å². The highest BCUT2D eigenvalue weighted by Crippen LogP contribution is 2.26. The summed E-state index contributed by atoms with van der Waals surface area (Å²) in [5, 5.41) is 71.9. The second-order valence-corrected chi connectivity index (χ2v) is 17.7. The minimum atomic E-state index is -1.76. The molecule has 62 heavy (non-hydrogen) atoms. The fourth-order valence-electron chi connectivity index (χ4n) is 7.98. The van der Waals surface area contributed by atoms with Gasteiger partial charge in [-0.05, 0) is 12.8 Å². The van der Waals surface area contributed by atoms with Gasteiger partial charge in [0.05, 0.1) is 19.8 Å². The topological polar surface area (TPSA) is 231 Å². The first kappa shape index (κ1) is 56.6. The van der Waals surface area contributed by atoms with Crippen LogP contribution >= 0.6 is 0 Å². The van der Waals surface area contributed by atoms with Gasteiger partial charge in [0, 0.05) is 12.8 Å². The number of carbonyl (C=O) groups excluding carboxylic acids is 2. The fourth-order valence-corrected chi connectivity index (χ4v) is 7.98. The Morgan fingerprint density at radius 1 is 0.452 bits per heavy atom. The van der Waals surface area contributed by atoms with Gasteiger partial charge in [0.1, 0.15) is 55.4 Å². The molecule has 0 aliphatic carbocycles. The molecule has 11 atom stereocenters. The molecule has 7 N–H and O–H groups in total. The summed E-state index contributed by atoms with van der Waals surface area (Å²) in [5.74, 6) is -0.914.